The highest BCUT2D eigenvalue weighted by Crippen LogP contribution is 2.44. The van der Waals surface area contributed by atoms with Gasteiger partial charge in [0.05, 0.1) is 6.20 Å². The Kier molecular flexibility index (Phi) is 3.50. The van der Waals surface area contributed by atoms with Crippen LogP contribution in [0, 0.1) is 0 Å². The first-order valence-corrected chi connectivity index (χ1v) is 10.1. The van der Waals surface area contributed by atoms with Gasteiger partial charge in [0.25, 0.3) is 0 Å². The van der Waals surface area contributed by atoms with Crippen molar-refractivity contribution in [2.24, 2.45) is 0 Å². The van der Waals surface area contributed by atoms with Gasteiger partial charge in [-0.15, -0.1) is 0 Å². The molecule has 0 bridgehead atoms. The second-order valence-corrected chi connectivity index (χ2v) is 8.05. The number of nitrogens with one attached hydrogen (secondary N) is 2. The highest BCUT2D eigenvalue weighted by molar-refractivity contribution is 5.78. The van der Waals surface area contributed by atoms with E-state index in [1.54, 1.807) is 0 Å². The Hall–Kier alpha value is -2.86. The van der Waals surface area contributed by atoms with Crippen LogP contribution in [0.4, 0.5) is 5.82 Å². The molecule has 3 aliphatic heterocycles. The number of nitrogens with zero attached hydrogens (tertiary/aromatic N) is 3. The number of aromatic amines is 1. The Morgan fingerprint density at radius 2 is 1.89 bits per heavy atom. The maximum Gasteiger partial charge on any atom is 0.223 e. The summed E-state index contributed by atoms with van der Waals surface area (Å²) in [6.45, 7) is 3.85. The van der Waals surface area contributed by atoms with Crippen LogP contribution in [0.1, 0.15) is 24.8 Å². The molecule has 2 saturated heterocycles. The molecule has 2 N–H and O–H groups in total. The van der Waals surface area contributed by atoms with Gasteiger partial charge in [0, 0.05) is 29.4 Å². The van der Waals surface area contributed by atoms with Gasteiger partial charge in [-0.1, -0.05) is 12.1 Å². The normalized spacial score (nSPS) is 19.5. The number of rotatable bonds is 2. The molecule has 6 nitrogen and oxygen atoms in total. The molecule has 28 heavy (non-hydrogen) atoms. The van der Waals surface area contributed by atoms with Gasteiger partial charge in [-0.2, -0.15) is 10.1 Å². The Labute approximate surface area is 163 Å². The van der Waals surface area contributed by atoms with E-state index in [1.807, 2.05) is 12.4 Å². The maximum absolute atomic E-state index is 6.08. The van der Waals surface area contributed by atoms with Gasteiger partial charge in [-0.25, -0.2) is 0 Å². The van der Waals surface area contributed by atoms with Crippen LogP contribution in [0.15, 0.2) is 42.7 Å². The molecule has 0 unspecified atom stereocenters. The van der Waals surface area contributed by atoms with Crippen LogP contribution < -0.4 is 15.0 Å². The van der Waals surface area contributed by atoms with E-state index in [9.17, 15) is 0 Å². The molecular formula is C22H23N5O. The molecular weight excluding hydrogens is 350 g/mol. The zero-order valence-electron chi connectivity index (χ0n) is 15.7. The molecule has 0 radical (unpaired) electrons. The molecule has 6 heteroatoms. The van der Waals surface area contributed by atoms with Crippen LogP contribution in [0.25, 0.3) is 22.3 Å². The van der Waals surface area contributed by atoms with Gasteiger partial charge in [0.15, 0.2) is 0 Å². The summed E-state index contributed by atoms with van der Waals surface area (Å²) in [5.41, 5.74) is 6.04. The van der Waals surface area contributed by atoms with Crippen LogP contribution in [0.3, 0.4) is 0 Å². The predicted octanol–water partition coefficient (Wildman–Crippen LogP) is 3.36. The second-order valence-electron chi connectivity index (χ2n) is 8.05. The van der Waals surface area contributed by atoms with E-state index in [0.29, 0.717) is 12.1 Å². The van der Waals surface area contributed by atoms with Crippen molar-refractivity contribution in [3.8, 4) is 28.1 Å². The zero-order valence-corrected chi connectivity index (χ0v) is 15.7. The molecule has 0 amide bonds. The lowest BCUT2D eigenvalue weighted by Crippen LogP contribution is -2.64. The number of piperidine rings is 1. The molecule has 0 aliphatic carbocycles. The number of hydrogen-bond donors (Lipinski definition) is 2. The summed E-state index contributed by atoms with van der Waals surface area (Å²) >= 11 is 0. The minimum Gasteiger partial charge on any atom is -0.472 e. The summed E-state index contributed by atoms with van der Waals surface area (Å²) in [4.78, 5) is 7.42. The van der Waals surface area contributed by atoms with Crippen molar-refractivity contribution in [2.75, 3.05) is 24.5 Å². The molecule has 2 fully saturated rings. The van der Waals surface area contributed by atoms with Crippen molar-refractivity contribution in [1.29, 1.82) is 0 Å². The fourth-order valence-corrected chi connectivity index (χ4v) is 4.92. The average molecular weight is 373 g/mol. The van der Waals surface area contributed by atoms with Crippen molar-refractivity contribution < 1.29 is 4.74 Å². The van der Waals surface area contributed by atoms with Crippen LogP contribution in [0.2, 0.25) is 0 Å². The number of fused-ring (bicyclic) bond motifs is 3. The quantitative estimate of drug-likeness (QED) is 0.721. The number of benzene rings is 1. The lowest BCUT2D eigenvalue weighted by atomic mass is 9.77. The number of hydrogen-bond acceptors (Lipinski definition) is 5. The summed E-state index contributed by atoms with van der Waals surface area (Å²) in [5, 5.41) is 10.4. The van der Waals surface area contributed by atoms with E-state index >= 15 is 0 Å². The fourth-order valence-electron chi connectivity index (χ4n) is 4.92. The number of H-pyrrole nitrogens is 1. The maximum atomic E-state index is 6.08. The van der Waals surface area contributed by atoms with Crippen molar-refractivity contribution in [2.45, 2.75) is 31.4 Å². The van der Waals surface area contributed by atoms with Gasteiger partial charge >= 0.3 is 0 Å². The predicted molar refractivity (Wildman–Crippen MR) is 108 cm³/mol. The molecule has 5 heterocycles. The van der Waals surface area contributed by atoms with Crippen molar-refractivity contribution in [1.82, 2.24) is 20.5 Å². The number of aromatic nitrogens is 3. The van der Waals surface area contributed by atoms with Gasteiger partial charge in [0.2, 0.25) is 5.88 Å². The Morgan fingerprint density at radius 3 is 2.68 bits per heavy atom. The molecule has 1 spiro atoms. The van der Waals surface area contributed by atoms with Gasteiger partial charge in [0.1, 0.15) is 12.4 Å². The Bertz CT molecular complexity index is 1020. The van der Waals surface area contributed by atoms with E-state index in [4.69, 9.17) is 9.72 Å². The van der Waals surface area contributed by atoms with Crippen LogP contribution in [-0.4, -0.2) is 40.4 Å². The molecule has 3 aliphatic rings. The lowest BCUT2D eigenvalue weighted by Gasteiger charge is -2.56. The first kappa shape index (κ1) is 16.1. The van der Waals surface area contributed by atoms with E-state index in [2.05, 4.69) is 50.7 Å². The summed E-state index contributed by atoms with van der Waals surface area (Å²) in [5.74, 6) is 1.82. The van der Waals surface area contributed by atoms with Crippen LogP contribution in [0.5, 0.6) is 5.88 Å². The minimum atomic E-state index is 0.304. The monoisotopic (exact) mass is 373 g/mol. The number of pyridine rings is 1. The van der Waals surface area contributed by atoms with Gasteiger partial charge in [-0.05, 0) is 67.2 Å². The third-order valence-corrected chi connectivity index (χ3v) is 6.62. The van der Waals surface area contributed by atoms with Crippen LogP contribution in [-0.2, 0) is 6.61 Å². The summed E-state index contributed by atoms with van der Waals surface area (Å²) < 4.78 is 6.08. The van der Waals surface area contributed by atoms with E-state index in [-0.39, 0.29) is 0 Å². The molecule has 1 aromatic carbocycles. The average Bonchev–Trinajstić information content (AvgIpc) is 3.28. The van der Waals surface area contributed by atoms with Crippen molar-refractivity contribution in [3.63, 3.8) is 0 Å². The second kappa shape index (κ2) is 6.07. The van der Waals surface area contributed by atoms with E-state index < -0.39 is 0 Å². The number of ether oxygens (including phenoxy) is 1. The molecule has 0 atom stereocenters. The zero-order chi connectivity index (χ0) is 18.6. The molecule has 3 aromatic rings. The third kappa shape index (κ3) is 2.37. The van der Waals surface area contributed by atoms with E-state index in [1.165, 1.54) is 30.4 Å². The molecule has 142 valence electrons. The van der Waals surface area contributed by atoms with Crippen molar-refractivity contribution in [3.05, 3.63) is 48.3 Å². The summed E-state index contributed by atoms with van der Waals surface area (Å²) in [6, 6.07) is 10.9. The fraction of sp³-hybridized carbons (Fsp3) is 0.364. The topological polar surface area (TPSA) is 66.1 Å². The van der Waals surface area contributed by atoms with Crippen molar-refractivity contribution >= 4 is 5.82 Å². The summed E-state index contributed by atoms with van der Waals surface area (Å²) in [6.07, 6.45) is 7.43. The molecule has 0 saturated carbocycles. The highest BCUT2D eigenvalue weighted by atomic mass is 16.5. The van der Waals surface area contributed by atoms with E-state index in [0.717, 1.165) is 48.0 Å². The van der Waals surface area contributed by atoms with Gasteiger partial charge in [-0.3, -0.25) is 5.10 Å². The standard InChI is InChI=1S/C22H23N5O/c1-2-18-16(11-15(1)17-12-24-25-13-17)14-28-21-19(18)3-4-20(26-21)27-10-7-22(27)5-8-23-9-6-22/h1-4,11-13,23H,5-10,14H2,(H,24,25). The first-order valence-electron chi connectivity index (χ1n) is 10.1. The molecule has 6 rings (SSSR count). The van der Waals surface area contributed by atoms with Gasteiger partial charge < -0.3 is 15.0 Å². The Balaban J connectivity index is 1.33. The third-order valence-electron chi connectivity index (χ3n) is 6.62. The first-order chi connectivity index (χ1) is 13.8. The smallest absolute Gasteiger partial charge is 0.223 e. The molecule has 2 aromatic heterocycles. The van der Waals surface area contributed by atoms with Crippen LogP contribution >= 0.6 is 0 Å². The summed E-state index contributed by atoms with van der Waals surface area (Å²) in [7, 11) is 0. The SMILES string of the molecule is c1cc2c(cc1-c1cn[nH]c1)COc1nc(N3CCC34CCNCC4)ccc1-2. The minimum absolute atomic E-state index is 0.304. The number of anilines is 1. The largest absolute Gasteiger partial charge is 0.472 e. The lowest BCUT2D eigenvalue weighted by molar-refractivity contribution is 0.203. The highest BCUT2D eigenvalue weighted by Gasteiger charge is 2.45. The Morgan fingerprint density at radius 1 is 1.00 bits per heavy atom.